The number of carbonyl (C=O) groups excluding carboxylic acids is 1. The molecule has 1 aliphatic heterocycles. The second-order valence-electron chi connectivity index (χ2n) is 8.86. The number of esters is 1. The molecule has 0 fully saturated rings. The van der Waals surface area contributed by atoms with Gasteiger partial charge in [-0.15, -0.1) is 11.8 Å². The van der Waals surface area contributed by atoms with Crippen molar-refractivity contribution in [3.05, 3.63) is 115 Å². The number of carbonyl (C=O) groups is 1. The van der Waals surface area contributed by atoms with Crippen LogP contribution in [0.1, 0.15) is 36.6 Å². The van der Waals surface area contributed by atoms with Gasteiger partial charge in [-0.05, 0) is 61.6 Å². The van der Waals surface area contributed by atoms with Crippen LogP contribution in [0.4, 0.5) is 0 Å². The zero-order valence-corrected chi connectivity index (χ0v) is 23.9. The van der Waals surface area contributed by atoms with Crippen molar-refractivity contribution >= 4 is 40.8 Å². The molecule has 7 nitrogen and oxygen atoms in total. The smallest absolute Gasteiger partial charge is 0.338 e. The Hall–Kier alpha value is -4.08. The molecule has 204 valence electrons. The largest absolute Gasteiger partial charge is 0.504 e. The molecule has 1 aliphatic rings. The van der Waals surface area contributed by atoms with Crippen LogP contribution in [-0.4, -0.2) is 35.1 Å². The Morgan fingerprint density at radius 2 is 1.82 bits per heavy atom. The van der Waals surface area contributed by atoms with Gasteiger partial charge in [-0.3, -0.25) is 9.36 Å². The molecule has 9 heteroatoms. The van der Waals surface area contributed by atoms with E-state index in [0.717, 1.165) is 16.0 Å². The van der Waals surface area contributed by atoms with E-state index in [1.54, 1.807) is 41.5 Å². The molecule has 1 aromatic heterocycles. The minimum atomic E-state index is -0.734. The highest BCUT2D eigenvalue weighted by Gasteiger charge is 2.35. The molecule has 0 amide bonds. The number of rotatable bonds is 8. The summed E-state index contributed by atoms with van der Waals surface area (Å²) in [6.07, 6.45) is 3.74. The number of ether oxygens (including phenoxy) is 2. The first-order valence-corrected chi connectivity index (χ1v) is 14.9. The summed E-state index contributed by atoms with van der Waals surface area (Å²) in [4.78, 5) is 33.9. The van der Waals surface area contributed by atoms with Crippen LogP contribution < -0.4 is 19.6 Å². The van der Waals surface area contributed by atoms with Gasteiger partial charge in [-0.2, -0.15) is 0 Å². The van der Waals surface area contributed by atoms with Gasteiger partial charge in [0.05, 0.1) is 35.1 Å². The Bertz CT molecular complexity index is 1760. The van der Waals surface area contributed by atoms with Crippen molar-refractivity contribution in [3.63, 3.8) is 0 Å². The van der Waals surface area contributed by atoms with Gasteiger partial charge in [-0.25, -0.2) is 9.79 Å². The number of fused-ring (bicyclic) bond motifs is 1. The third-order valence-electron chi connectivity index (χ3n) is 6.39. The van der Waals surface area contributed by atoms with Crippen molar-refractivity contribution in [1.82, 2.24) is 4.57 Å². The second-order valence-corrected chi connectivity index (χ2v) is 10.8. The summed E-state index contributed by atoms with van der Waals surface area (Å²) in [6, 6.07) is 21.5. The van der Waals surface area contributed by atoms with Crippen molar-refractivity contribution < 1.29 is 19.4 Å². The van der Waals surface area contributed by atoms with Gasteiger partial charge in [0.15, 0.2) is 16.3 Å². The summed E-state index contributed by atoms with van der Waals surface area (Å²) < 4.78 is 13.1. The molecular weight excluding hydrogens is 544 g/mol. The topological polar surface area (TPSA) is 90.1 Å². The van der Waals surface area contributed by atoms with E-state index in [1.807, 2.05) is 67.8 Å². The molecule has 1 N–H and O–H groups in total. The first kappa shape index (κ1) is 27.5. The Morgan fingerprint density at radius 1 is 1.07 bits per heavy atom. The van der Waals surface area contributed by atoms with E-state index >= 15 is 0 Å². The maximum Gasteiger partial charge on any atom is 0.338 e. The predicted octanol–water partition coefficient (Wildman–Crippen LogP) is 4.76. The number of hydrogen-bond donors (Lipinski definition) is 1. The van der Waals surface area contributed by atoms with Gasteiger partial charge in [0.2, 0.25) is 0 Å². The van der Waals surface area contributed by atoms with Crippen LogP contribution in [0.15, 0.2) is 93.1 Å². The molecule has 0 unspecified atom stereocenters. The average molecular weight is 573 g/mol. The fourth-order valence-corrected chi connectivity index (χ4v) is 5.99. The Kier molecular flexibility index (Phi) is 8.23. The van der Waals surface area contributed by atoms with Crippen LogP contribution in [-0.2, 0) is 9.53 Å². The Morgan fingerprint density at radius 3 is 2.50 bits per heavy atom. The van der Waals surface area contributed by atoms with Crippen LogP contribution in [0, 0.1) is 0 Å². The number of hydrogen-bond acceptors (Lipinski definition) is 8. The maximum absolute atomic E-state index is 14.0. The van der Waals surface area contributed by atoms with Crippen molar-refractivity contribution in [3.8, 4) is 11.5 Å². The lowest BCUT2D eigenvalue weighted by Crippen LogP contribution is -2.40. The molecule has 3 aromatic carbocycles. The Balaban J connectivity index is 1.78. The van der Waals surface area contributed by atoms with Crippen molar-refractivity contribution in [1.29, 1.82) is 0 Å². The monoisotopic (exact) mass is 572 g/mol. The summed E-state index contributed by atoms with van der Waals surface area (Å²) in [7, 11) is 0. The lowest BCUT2D eigenvalue weighted by atomic mass is 9.93. The van der Waals surface area contributed by atoms with Crippen molar-refractivity contribution in [2.75, 3.05) is 19.5 Å². The fourth-order valence-electron chi connectivity index (χ4n) is 4.58. The van der Waals surface area contributed by atoms with E-state index in [2.05, 4.69) is 0 Å². The third-order valence-corrected chi connectivity index (χ3v) is 8.11. The lowest BCUT2D eigenvalue weighted by Gasteiger charge is -2.26. The summed E-state index contributed by atoms with van der Waals surface area (Å²) in [5.41, 5.74) is 2.75. The normalized spacial score (nSPS) is 15.0. The Labute approximate surface area is 239 Å². The number of phenolic OH excluding ortho intramolecular Hbond substituents is 1. The van der Waals surface area contributed by atoms with E-state index in [0.29, 0.717) is 38.5 Å². The van der Waals surface area contributed by atoms with E-state index < -0.39 is 12.0 Å². The van der Waals surface area contributed by atoms with Crippen LogP contribution in [0.3, 0.4) is 0 Å². The highest BCUT2D eigenvalue weighted by Crippen LogP contribution is 2.35. The van der Waals surface area contributed by atoms with E-state index in [-0.39, 0.29) is 17.9 Å². The summed E-state index contributed by atoms with van der Waals surface area (Å²) in [6.45, 7) is 4.18. The highest BCUT2D eigenvalue weighted by atomic mass is 32.2. The van der Waals surface area contributed by atoms with Gasteiger partial charge < -0.3 is 14.6 Å². The minimum absolute atomic E-state index is 0.0285. The van der Waals surface area contributed by atoms with E-state index in [1.165, 1.54) is 17.4 Å². The molecule has 0 saturated heterocycles. The van der Waals surface area contributed by atoms with Gasteiger partial charge >= 0.3 is 5.97 Å². The van der Waals surface area contributed by atoms with Crippen LogP contribution in [0.5, 0.6) is 11.5 Å². The number of aromatic hydroxyl groups is 1. The third kappa shape index (κ3) is 5.35. The predicted molar refractivity (Wildman–Crippen MR) is 159 cm³/mol. The molecule has 0 bridgehead atoms. The standard InChI is InChI=1S/C31H28N2O5S2/c1-4-37-24-17-19(11-16-23(24)34)18-25-29(35)33-28(21-12-14-22(39-3)15-13-21)26(30(36)38-5-2)27(32-31(33)40-25)20-9-7-6-8-10-20/h6-18,28,34H,4-5H2,1-3H3/b25-18-/t28-/m0/s1. The molecule has 0 radical (unpaired) electrons. The summed E-state index contributed by atoms with van der Waals surface area (Å²) in [5.74, 6) is -0.148. The molecule has 1 atom stereocenters. The van der Waals surface area contributed by atoms with Gasteiger partial charge in [0, 0.05) is 10.5 Å². The second kappa shape index (κ2) is 12.0. The molecule has 0 saturated carbocycles. The molecular formula is C31H28N2O5S2. The van der Waals surface area contributed by atoms with Gasteiger partial charge in [-0.1, -0.05) is 59.9 Å². The SMILES string of the molecule is CCOC(=O)C1=C(c2ccccc2)N=c2s/c(=C\c3ccc(O)c(OCC)c3)c(=O)n2[C@H]1c1ccc(SC)cc1. The number of phenols is 1. The molecule has 2 heterocycles. The first-order valence-electron chi connectivity index (χ1n) is 12.8. The quantitative estimate of drug-likeness (QED) is 0.242. The molecule has 40 heavy (non-hydrogen) atoms. The number of nitrogens with zero attached hydrogens (tertiary/aromatic N) is 2. The van der Waals surface area contributed by atoms with Crippen LogP contribution in [0.2, 0.25) is 0 Å². The first-order chi connectivity index (χ1) is 19.4. The molecule has 0 spiro atoms. The molecule has 5 rings (SSSR count). The zero-order chi connectivity index (χ0) is 28.2. The fraction of sp³-hybridized carbons (Fsp3) is 0.194. The van der Waals surface area contributed by atoms with Crippen LogP contribution >= 0.6 is 23.1 Å². The minimum Gasteiger partial charge on any atom is -0.504 e. The lowest BCUT2D eigenvalue weighted by molar-refractivity contribution is -0.138. The van der Waals surface area contributed by atoms with Gasteiger partial charge in [0.25, 0.3) is 5.56 Å². The summed E-state index contributed by atoms with van der Waals surface area (Å²) in [5, 5.41) is 10.1. The maximum atomic E-state index is 14.0. The number of thioether (sulfide) groups is 1. The molecule has 4 aromatic rings. The van der Waals surface area contributed by atoms with E-state index in [9.17, 15) is 14.7 Å². The number of benzene rings is 3. The number of aromatic nitrogens is 1. The number of thiazole rings is 1. The van der Waals surface area contributed by atoms with Gasteiger partial charge in [0.1, 0.15) is 0 Å². The average Bonchev–Trinajstić information content (AvgIpc) is 3.29. The van der Waals surface area contributed by atoms with E-state index in [4.69, 9.17) is 14.5 Å². The van der Waals surface area contributed by atoms with Crippen molar-refractivity contribution in [2.24, 2.45) is 4.99 Å². The summed E-state index contributed by atoms with van der Waals surface area (Å²) >= 11 is 2.86. The highest BCUT2D eigenvalue weighted by molar-refractivity contribution is 7.98. The van der Waals surface area contributed by atoms with Crippen LogP contribution in [0.25, 0.3) is 11.8 Å². The molecule has 0 aliphatic carbocycles. The van der Waals surface area contributed by atoms with Crippen molar-refractivity contribution in [2.45, 2.75) is 24.8 Å². The zero-order valence-electron chi connectivity index (χ0n) is 22.3.